The fourth-order valence-corrected chi connectivity index (χ4v) is 6.20. The molecule has 2 aromatic rings. The summed E-state index contributed by atoms with van der Waals surface area (Å²) in [5.74, 6) is 0.588. The van der Waals surface area contributed by atoms with Crippen molar-refractivity contribution in [3.05, 3.63) is 69.1 Å². The minimum Gasteiger partial charge on any atom is -0.376 e. The van der Waals surface area contributed by atoms with E-state index in [9.17, 15) is 13.2 Å². The van der Waals surface area contributed by atoms with Gasteiger partial charge in [0.15, 0.2) is 0 Å². The van der Waals surface area contributed by atoms with Crippen LogP contribution in [0.3, 0.4) is 0 Å². The van der Waals surface area contributed by atoms with E-state index in [0.717, 1.165) is 31.4 Å². The number of sulfonamides is 1. The first kappa shape index (κ1) is 24.2. The van der Waals surface area contributed by atoms with Gasteiger partial charge in [0.2, 0.25) is 10.0 Å². The standard InChI is InChI=1S/C26H36N2O4S/c1-4-33(30,31)27-24-15-12-22-11-8-19(3)26(29)28(22)25(24)17-32-23-13-9-20(10-14-23)21-7-5-6-18(2)16-21/h5-8,11,16,20,23-25,27H,4,9-10,12-15,17H2,1-3H3/t20?,23?,24-,25-/m0/s1. The van der Waals surface area contributed by atoms with Crippen molar-refractivity contribution in [1.82, 2.24) is 9.29 Å². The minimum absolute atomic E-state index is 0.0234. The van der Waals surface area contributed by atoms with Crippen molar-refractivity contribution in [2.75, 3.05) is 12.4 Å². The number of nitrogens with one attached hydrogen (secondary N) is 1. The van der Waals surface area contributed by atoms with Crippen molar-refractivity contribution in [3.8, 4) is 0 Å². The summed E-state index contributed by atoms with van der Waals surface area (Å²) in [6.07, 6.45) is 5.60. The van der Waals surface area contributed by atoms with Gasteiger partial charge in [-0.2, -0.15) is 0 Å². The zero-order valence-corrected chi connectivity index (χ0v) is 20.7. The average molecular weight is 473 g/mol. The first-order valence-electron chi connectivity index (χ1n) is 12.2. The summed E-state index contributed by atoms with van der Waals surface area (Å²) < 4.78 is 35.7. The van der Waals surface area contributed by atoms with Crippen LogP contribution in [0.2, 0.25) is 0 Å². The molecule has 0 spiro atoms. The molecule has 4 rings (SSSR count). The molecule has 6 nitrogen and oxygen atoms in total. The minimum atomic E-state index is -3.38. The maximum atomic E-state index is 13.0. The molecule has 0 unspecified atom stereocenters. The van der Waals surface area contributed by atoms with E-state index in [0.29, 0.717) is 30.9 Å². The Morgan fingerprint density at radius 2 is 1.82 bits per heavy atom. The van der Waals surface area contributed by atoms with Crippen LogP contribution in [-0.4, -0.2) is 37.5 Å². The highest BCUT2D eigenvalue weighted by atomic mass is 32.2. The van der Waals surface area contributed by atoms with Gasteiger partial charge >= 0.3 is 0 Å². The molecule has 1 aromatic carbocycles. The van der Waals surface area contributed by atoms with Gasteiger partial charge in [-0.3, -0.25) is 4.79 Å². The fourth-order valence-electron chi connectivity index (χ4n) is 5.30. The third-order valence-corrected chi connectivity index (χ3v) is 8.72. The van der Waals surface area contributed by atoms with Crippen molar-refractivity contribution < 1.29 is 13.2 Å². The number of hydrogen-bond acceptors (Lipinski definition) is 4. The Balaban J connectivity index is 1.47. The molecule has 2 aliphatic rings. The van der Waals surface area contributed by atoms with Crippen molar-refractivity contribution in [2.45, 2.75) is 83.4 Å². The zero-order valence-electron chi connectivity index (χ0n) is 19.9. The highest BCUT2D eigenvalue weighted by Crippen LogP contribution is 2.35. The first-order chi connectivity index (χ1) is 15.8. The lowest BCUT2D eigenvalue weighted by Gasteiger charge is -2.37. The van der Waals surface area contributed by atoms with Gasteiger partial charge in [-0.15, -0.1) is 0 Å². The molecule has 1 fully saturated rings. The largest absolute Gasteiger partial charge is 0.376 e. The summed E-state index contributed by atoms with van der Waals surface area (Å²) in [4.78, 5) is 13.0. The Morgan fingerprint density at radius 3 is 2.52 bits per heavy atom. The van der Waals surface area contributed by atoms with Crippen molar-refractivity contribution >= 4 is 10.0 Å². The maximum Gasteiger partial charge on any atom is 0.254 e. The van der Waals surface area contributed by atoms with Crippen LogP contribution < -0.4 is 10.3 Å². The van der Waals surface area contributed by atoms with E-state index in [1.54, 1.807) is 18.4 Å². The quantitative estimate of drug-likeness (QED) is 0.661. The summed E-state index contributed by atoms with van der Waals surface area (Å²) in [6.45, 7) is 5.91. The van der Waals surface area contributed by atoms with Crippen LogP contribution >= 0.6 is 0 Å². The highest BCUT2D eigenvalue weighted by molar-refractivity contribution is 7.89. The van der Waals surface area contributed by atoms with E-state index in [2.05, 4.69) is 35.9 Å². The summed E-state index contributed by atoms with van der Waals surface area (Å²) >= 11 is 0. The van der Waals surface area contributed by atoms with Crippen LogP contribution in [0.4, 0.5) is 0 Å². The Morgan fingerprint density at radius 1 is 1.06 bits per heavy atom. The van der Waals surface area contributed by atoms with Gasteiger partial charge in [0, 0.05) is 17.3 Å². The van der Waals surface area contributed by atoms with Crippen LogP contribution in [0.15, 0.2) is 41.2 Å². The monoisotopic (exact) mass is 472 g/mol. The number of aromatic nitrogens is 1. The molecule has 1 saturated carbocycles. The van der Waals surface area contributed by atoms with Crippen molar-refractivity contribution in [3.63, 3.8) is 0 Å². The predicted octanol–water partition coefficient (Wildman–Crippen LogP) is 4.00. The van der Waals surface area contributed by atoms with Gasteiger partial charge in [0.1, 0.15) is 0 Å². The normalized spacial score (nSPS) is 25.5. The van der Waals surface area contributed by atoms with Gasteiger partial charge in [0.05, 0.1) is 24.5 Å². The Labute approximate surface area is 197 Å². The van der Waals surface area contributed by atoms with Crippen LogP contribution in [0, 0.1) is 13.8 Å². The molecule has 0 radical (unpaired) electrons. The molecule has 2 atom stereocenters. The second-order valence-corrected chi connectivity index (χ2v) is 11.7. The van der Waals surface area contributed by atoms with Gasteiger partial charge in [-0.25, -0.2) is 13.1 Å². The molecule has 0 amide bonds. The number of hydrogen-bond donors (Lipinski definition) is 1. The van der Waals surface area contributed by atoms with E-state index in [1.165, 1.54) is 11.1 Å². The van der Waals surface area contributed by atoms with Crippen molar-refractivity contribution in [2.24, 2.45) is 0 Å². The Kier molecular flexibility index (Phi) is 7.41. The van der Waals surface area contributed by atoms with Crippen LogP contribution in [0.5, 0.6) is 0 Å². The first-order valence-corrected chi connectivity index (χ1v) is 13.8. The predicted molar refractivity (Wildman–Crippen MR) is 131 cm³/mol. The number of aryl methyl sites for hydroxylation is 3. The second kappa shape index (κ2) is 10.1. The second-order valence-electron chi connectivity index (χ2n) is 9.64. The van der Waals surface area contributed by atoms with Crippen LogP contribution in [0.1, 0.15) is 73.4 Å². The Hall–Kier alpha value is -1.96. The number of rotatable bonds is 7. The maximum absolute atomic E-state index is 13.0. The molecule has 1 N–H and O–H groups in total. The van der Waals surface area contributed by atoms with Gasteiger partial charge in [-0.1, -0.05) is 35.9 Å². The lowest BCUT2D eigenvalue weighted by molar-refractivity contribution is -0.00169. The van der Waals surface area contributed by atoms with E-state index < -0.39 is 10.0 Å². The fraction of sp³-hybridized carbons (Fsp3) is 0.577. The molecule has 2 heterocycles. The third kappa shape index (κ3) is 5.58. The van der Waals surface area contributed by atoms with Crippen LogP contribution in [-0.2, 0) is 21.2 Å². The number of pyridine rings is 1. The summed E-state index contributed by atoms with van der Waals surface area (Å²) in [6, 6.07) is 11.9. The molecule has 33 heavy (non-hydrogen) atoms. The average Bonchev–Trinajstić information content (AvgIpc) is 2.81. The lowest BCUT2D eigenvalue weighted by Crippen LogP contribution is -2.50. The third-order valence-electron chi connectivity index (χ3n) is 7.30. The molecule has 1 aliphatic heterocycles. The molecule has 180 valence electrons. The number of nitrogens with zero attached hydrogens (tertiary/aromatic N) is 1. The van der Waals surface area contributed by atoms with E-state index in [-0.39, 0.29) is 29.5 Å². The van der Waals surface area contributed by atoms with E-state index in [1.807, 2.05) is 12.1 Å². The number of fused-ring (bicyclic) bond motifs is 1. The smallest absolute Gasteiger partial charge is 0.254 e. The van der Waals surface area contributed by atoms with Crippen LogP contribution in [0.25, 0.3) is 0 Å². The number of benzene rings is 1. The van der Waals surface area contributed by atoms with Gasteiger partial charge in [0.25, 0.3) is 5.56 Å². The molecular formula is C26H36N2O4S. The van der Waals surface area contributed by atoms with Gasteiger partial charge < -0.3 is 9.30 Å². The SMILES string of the molecule is CCS(=O)(=O)N[C@H]1CCc2ccc(C)c(=O)n2[C@H]1COC1CCC(c2cccc(C)c2)CC1. The van der Waals surface area contributed by atoms with Crippen molar-refractivity contribution in [1.29, 1.82) is 0 Å². The molecule has 7 heteroatoms. The molecule has 0 bridgehead atoms. The molecule has 0 saturated heterocycles. The van der Waals surface area contributed by atoms with E-state index in [4.69, 9.17) is 4.74 Å². The molecule has 1 aliphatic carbocycles. The summed E-state index contributed by atoms with van der Waals surface area (Å²) in [5, 5.41) is 0. The number of ether oxygens (including phenoxy) is 1. The van der Waals surface area contributed by atoms with E-state index >= 15 is 0 Å². The summed E-state index contributed by atoms with van der Waals surface area (Å²) in [5.41, 5.74) is 4.27. The molecular weight excluding hydrogens is 436 g/mol. The highest BCUT2D eigenvalue weighted by Gasteiger charge is 2.34. The Bertz CT molecular complexity index is 1130. The molecule has 1 aromatic heterocycles. The van der Waals surface area contributed by atoms with Gasteiger partial charge in [-0.05, 0) is 76.8 Å². The summed E-state index contributed by atoms with van der Waals surface area (Å²) in [7, 11) is -3.38. The lowest BCUT2D eigenvalue weighted by atomic mass is 9.82. The zero-order chi connectivity index (χ0) is 23.6. The topological polar surface area (TPSA) is 77.4 Å².